The fraction of sp³-hybridized carbons (Fsp3) is 0.125. The Morgan fingerprint density at radius 1 is 1.08 bits per heavy atom. The number of anilines is 1. The van der Waals surface area contributed by atoms with Crippen LogP contribution in [0.2, 0.25) is 5.02 Å². The van der Waals surface area contributed by atoms with Crippen LogP contribution in [0, 0.1) is 6.92 Å². The lowest BCUT2D eigenvalue weighted by atomic mass is 10.2. The number of rotatable bonds is 6. The Morgan fingerprint density at radius 3 is 2.44 bits per heavy atom. The number of hydrogen-bond donors (Lipinski definition) is 1. The molecule has 0 fully saturated rings. The van der Waals surface area contributed by atoms with Gasteiger partial charge in [-0.2, -0.15) is 0 Å². The molecule has 0 aliphatic heterocycles. The number of nitrogens with zero attached hydrogens (tertiary/aromatic N) is 2. The van der Waals surface area contributed by atoms with Crippen molar-refractivity contribution in [2.24, 2.45) is 0 Å². The first-order chi connectivity index (χ1) is 11.9. The monoisotopic (exact) mass is 411 g/mol. The molecule has 25 heavy (non-hydrogen) atoms. The topological polar surface area (TPSA) is 72.0 Å². The van der Waals surface area contributed by atoms with Crippen LogP contribution in [0.4, 0.5) is 5.13 Å². The minimum absolute atomic E-state index is 0.198. The lowest BCUT2D eigenvalue weighted by Crippen LogP contribution is -2.12. The quantitative estimate of drug-likeness (QED) is 0.600. The minimum Gasteiger partial charge on any atom is -0.253 e. The van der Waals surface area contributed by atoms with Gasteiger partial charge in [0.1, 0.15) is 0 Å². The third kappa shape index (κ3) is 4.94. The average molecular weight is 412 g/mol. The Labute approximate surface area is 159 Å². The highest BCUT2D eigenvalue weighted by Gasteiger charge is 2.16. The fourth-order valence-corrected chi connectivity index (χ4v) is 4.99. The zero-order valence-corrected chi connectivity index (χ0v) is 16.3. The summed E-state index contributed by atoms with van der Waals surface area (Å²) in [6.45, 7) is 1.90. The Bertz CT molecular complexity index is 955. The van der Waals surface area contributed by atoms with Crippen molar-refractivity contribution < 1.29 is 8.42 Å². The number of benzene rings is 2. The van der Waals surface area contributed by atoms with Gasteiger partial charge >= 0.3 is 0 Å². The fourth-order valence-electron chi connectivity index (χ4n) is 1.93. The maximum atomic E-state index is 12.3. The van der Waals surface area contributed by atoms with E-state index in [1.165, 1.54) is 23.1 Å². The van der Waals surface area contributed by atoms with E-state index in [1.807, 2.05) is 31.2 Å². The van der Waals surface area contributed by atoms with E-state index in [-0.39, 0.29) is 10.0 Å². The molecule has 0 amide bonds. The molecule has 0 spiro atoms. The largest absolute Gasteiger partial charge is 0.263 e. The van der Waals surface area contributed by atoms with Crippen molar-refractivity contribution in [2.45, 2.75) is 21.9 Å². The normalized spacial score (nSPS) is 11.4. The maximum Gasteiger partial charge on any atom is 0.263 e. The van der Waals surface area contributed by atoms with Gasteiger partial charge in [-0.25, -0.2) is 8.42 Å². The molecule has 1 heterocycles. The number of halogens is 1. The van der Waals surface area contributed by atoms with Crippen molar-refractivity contribution in [2.75, 3.05) is 4.72 Å². The van der Waals surface area contributed by atoms with Crippen LogP contribution in [0.3, 0.4) is 0 Å². The highest BCUT2D eigenvalue weighted by Crippen LogP contribution is 2.29. The molecule has 3 aromatic rings. The van der Waals surface area contributed by atoms with Crippen LogP contribution >= 0.6 is 34.7 Å². The van der Waals surface area contributed by atoms with Crippen molar-refractivity contribution in [3.63, 3.8) is 0 Å². The van der Waals surface area contributed by atoms with Gasteiger partial charge in [-0.05, 0) is 36.8 Å². The second-order valence-corrected chi connectivity index (χ2v) is 9.53. The number of sulfonamides is 1. The molecular formula is C16H14ClN3O2S3. The standard InChI is InChI=1S/C16H14ClN3O2S3/c1-11-2-8-14(9-3-11)25(21,22)20-15-18-19-16(24-15)23-10-12-4-6-13(17)7-5-12/h2-9H,10H2,1H3,(H,18,20). The first-order valence-corrected chi connectivity index (χ1v) is 10.9. The van der Waals surface area contributed by atoms with Crippen LogP contribution < -0.4 is 4.72 Å². The Hall–Kier alpha value is -1.61. The molecule has 0 saturated carbocycles. The van der Waals surface area contributed by atoms with Gasteiger partial charge < -0.3 is 0 Å². The summed E-state index contributed by atoms with van der Waals surface area (Å²) in [7, 11) is -3.65. The van der Waals surface area contributed by atoms with Crippen molar-refractivity contribution in [1.82, 2.24) is 10.2 Å². The second-order valence-electron chi connectivity index (χ2n) is 5.21. The lowest BCUT2D eigenvalue weighted by molar-refractivity contribution is 0.601. The number of aromatic nitrogens is 2. The molecule has 0 aliphatic rings. The van der Waals surface area contributed by atoms with E-state index in [1.54, 1.807) is 24.3 Å². The summed E-state index contributed by atoms with van der Waals surface area (Å²) in [6.07, 6.45) is 0. The molecule has 0 atom stereocenters. The Kier molecular flexibility index (Phi) is 5.63. The van der Waals surface area contributed by atoms with E-state index >= 15 is 0 Å². The average Bonchev–Trinajstić information content (AvgIpc) is 3.01. The summed E-state index contributed by atoms with van der Waals surface area (Å²) in [5, 5.41) is 8.87. The molecule has 0 unspecified atom stereocenters. The van der Waals surface area contributed by atoms with Gasteiger partial charge in [0, 0.05) is 10.8 Å². The predicted octanol–water partition coefficient (Wildman–Crippen LogP) is 4.59. The minimum atomic E-state index is -3.65. The molecule has 0 aliphatic carbocycles. The first kappa shape index (κ1) is 18.2. The SMILES string of the molecule is Cc1ccc(S(=O)(=O)Nc2nnc(SCc3ccc(Cl)cc3)s2)cc1. The molecule has 130 valence electrons. The smallest absolute Gasteiger partial charge is 0.253 e. The number of thioether (sulfide) groups is 1. The van der Waals surface area contributed by atoms with Crippen LogP contribution in [0.5, 0.6) is 0 Å². The Morgan fingerprint density at radius 2 is 1.76 bits per heavy atom. The molecule has 1 N–H and O–H groups in total. The van der Waals surface area contributed by atoms with Gasteiger partial charge in [0.05, 0.1) is 4.90 Å². The number of nitrogens with one attached hydrogen (secondary N) is 1. The predicted molar refractivity (Wildman–Crippen MR) is 103 cm³/mol. The molecule has 5 nitrogen and oxygen atoms in total. The van der Waals surface area contributed by atoms with Crippen LogP contribution in [0.1, 0.15) is 11.1 Å². The third-order valence-electron chi connectivity index (χ3n) is 3.23. The van der Waals surface area contributed by atoms with Gasteiger partial charge in [0.25, 0.3) is 10.0 Å². The summed E-state index contributed by atoms with van der Waals surface area (Å²) < 4.78 is 27.8. The number of aryl methyl sites for hydroxylation is 1. The summed E-state index contributed by atoms with van der Waals surface area (Å²) in [4.78, 5) is 0.198. The summed E-state index contributed by atoms with van der Waals surface area (Å²) >= 11 is 8.56. The van der Waals surface area contributed by atoms with E-state index in [0.717, 1.165) is 11.1 Å². The first-order valence-electron chi connectivity index (χ1n) is 7.23. The second kappa shape index (κ2) is 7.74. The summed E-state index contributed by atoms with van der Waals surface area (Å²) in [5.41, 5.74) is 2.10. The van der Waals surface area contributed by atoms with Crippen LogP contribution in [0.25, 0.3) is 0 Å². The van der Waals surface area contributed by atoms with Gasteiger partial charge in [-0.15, -0.1) is 10.2 Å². The molecule has 1 aromatic heterocycles. The maximum absolute atomic E-state index is 12.3. The van der Waals surface area contributed by atoms with Gasteiger partial charge in [0.15, 0.2) is 4.34 Å². The van der Waals surface area contributed by atoms with Crippen LogP contribution in [0.15, 0.2) is 57.8 Å². The molecule has 0 bridgehead atoms. The van der Waals surface area contributed by atoms with Crippen LogP contribution in [-0.4, -0.2) is 18.6 Å². The van der Waals surface area contributed by atoms with E-state index in [2.05, 4.69) is 14.9 Å². The Balaban J connectivity index is 1.64. The third-order valence-corrected chi connectivity index (χ3v) is 7.01. The molecular weight excluding hydrogens is 398 g/mol. The summed E-state index contributed by atoms with van der Waals surface area (Å²) in [5.74, 6) is 0.705. The highest BCUT2D eigenvalue weighted by molar-refractivity contribution is 8.00. The molecule has 9 heteroatoms. The number of hydrogen-bond acceptors (Lipinski definition) is 6. The van der Waals surface area contributed by atoms with Crippen molar-refractivity contribution in [1.29, 1.82) is 0 Å². The van der Waals surface area contributed by atoms with Crippen LogP contribution in [-0.2, 0) is 15.8 Å². The zero-order chi connectivity index (χ0) is 17.9. The van der Waals surface area contributed by atoms with Crippen molar-refractivity contribution >= 4 is 49.9 Å². The van der Waals surface area contributed by atoms with Gasteiger partial charge in [-0.3, -0.25) is 4.72 Å². The van der Waals surface area contributed by atoms with Gasteiger partial charge in [-0.1, -0.05) is 64.5 Å². The zero-order valence-electron chi connectivity index (χ0n) is 13.1. The highest BCUT2D eigenvalue weighted by atomic mass is 35.5. The van der Waals surface area contributed by atoms with Crippen molar-refractivity contribution in [3.05, 3.63) is 64.7 Å². The summed E-state index contributed by atoms with van der Waals surface area (Å²) in [6, 6.07) is 14.2. The van der Waals surface area contributed by atoms with E-state index in [0.29, 0.717) is 15.1 Å². The van der Waals surface area contributed by atoms with E-state index in [4.69, 9.17) is 11.6 Å². The lowest BCUT2D eigenvalue weighted by Gasteiger charge is -2.04. The molecule has 3 rings (SSSR count). The van der Waals surface area contributed by atoms with Gasteiger partial charge in [0.2, 0.25) is 5.13 Å². The molecule has 0 saturated heterocycles. The van der Waals surface area contributed by atoms with Crippen molar-refractivity contribution in [3.8, 4) is 0 Å². The molecule has 0 radical (unpaired) electrons. The van der Waals surface area contributed by atoms with E-state index in [9.17, 15) is 8.42 Å². The van der Waals surface area contributed by atoms with E-state index < -0.39 is 10.0 Å². The molecule has 2 aromatic carbocycles.